The number of methoxy groups -OCH3 is 1. The van der Waals surface area contributed by atoms with Gasteiger partial charge in [-0.05, 0) is 45.6 Å². The summed E-state index contributed by atoms with van der Waals surface area (Å²) >= 11 is 0. The Balaban J connectivity index is 1.51. The highest BCUT2D eigenvalue weighted by Gasteiger charge is 2.39. The van der Waals surface area contributed by atoms with E-state index in [1.165, 1.54) is 23.8 Å². The molecular formula is C23H28FN7O3. The molecule has 1 aliphatic carbocycles. The summed E-state index contributed by atoms with van der Waals surface area (Å²) in [5.41, 5.74) is 5.63. The van der Waals surface area contributed by atoms with E-state index < -0.39 is 17.0 Å². The number of hydrogen-bond donors (Lipinski definition) is 3. The molecular weight excluding hydrogens is 441 g/mol. The minimum Gasteiger partial charge on any atom is -0.494 e. The van der Waals surface area contributed by atoms with Crippen molar-refractivity contribution >= 4 is 22.5 Å². The Morgan fingerprint density at radius 3 is 2.85 bits per heavy atom. The number of rotatable bonds is 5. The van der Waals surface area contributed by atoms with Gasteiger partial charge in [0.1, 0.15) is 17.1 Å². The van der Waals surface area contributed by atoms with Crippen LogP contribution in [0.4, 0.5) is 10.3 Å². The van der Waals surface area contributed by atoms with Crippen LogP contribution in [0.25, 0.3) is 16.6 Å². The zero-order valence-electron chi connectivity index (χ0n) is 19.4. The summed E-state index contributed by atoms with van der Waals surface area (Å²) in [5, 5.41) is 30.9. The van der Waals surface area contributed by atoms with Gasteiger partial charge in [-0.25, -0.2) is 14.4 Å². The Bertz CT molecular complexity index is 1380. The third kappa shape index (κ3) is 3.94. The fraction of sp³-hybridized carbons (Fsp3) is 0.478. The third-order valence-corrected chi connectivity index (χ3v) is 6.38. The lowest BCUT2D eigenvalue weighted by Gasteiger charge is -2.35. The van der Waals surface area contributed by atoms with Crippen LogP contribution < -0.4 is 10.5 Å². The SMILES string of the molecule is COc1cc(F)cc2c1nc(N)n1nc([C@H]3CCC[C@@](O)(c4cnn(CC(C)(C)O)c4)C3)nc21. The maximum Gasteiger partial charge on any atom is 0.223 e. The van der Waals surface area contributed by atoms with Crippen LogP contribution in [0.3, 0.4) is 0 Å². The zero-order chi connectivity index (χ0) is 24.3. The molecule has 1 saturated carbocycles. The number of nitrogen functional groups attached to an aromatic ring is 1. The fourth-order valence-electron chi connectivity index (χ4n) is 4.83. The highest BCUT2D eigenvalue weighted by molar-refractivity contribution is 5.95. The van der Waals surface area contributed by atoms with E-state index in [0.717, 1.165) is 12.8 Å². The number of ether oxygens (including phenoxy) is 1. The van der Waals surface area contributed by atoms with Gasteiger partial charge in [0.25, 0.3) is 0 Å². The standard InChI is InChI=1S/C23H28FN7O3/c1-22(2,32)12-30-11-14(10-26-30)23(33)6-4-5-13(9-23)19-28-20-16-7-15(24)8-17(34-3)18(16)27-21(25)31(20)29-19/h7-8,10-11,13,32-33H,4-6,9,12H2,1-3H3,(H2,25,27)/t13-,23-/m0/s1. The summed E-state index contributed by atoms with van der Waals surface area (Å²) in [6.45, 7) is 3.74. The Labute approximate surface area is 195 Å². The van der Waals surface area contributed by atoms with Crippen molar-refractivity contribution in [1.29, 1.82) is 0 Å². The number of hydrogen-bond acceptors (Lipinski definition) is 8. The minimum absolute atomic E-state index is 0.116. The van der Waals surface area contributed by atoms with Crippen molar-refractivity contribution in [2.45, 2.75) is 63.2 Å². The molecule has 3 heterocycles. The second-order valence-corrected chi connectivity index (χ2v) is 9.74. The van der Waals surface area contributed by atoms with Gasteiger partial charge in [-0.15, -0.1) is 5.10 Å². The summed E-state index contributed by atoms with van der Waals surface area (Å²) in [7, 11) is 1.44. The molecule has 0 aliphatic heterocycles. The molecule has 0 bridgehead atoms. The van der Waals surface area contributed by atoms with E-state index in [0.29, 0.717) is 47.3 Å². The molecule has 0 saturated heterocycles. The van der Waals surface area contributed by atoms with E-state index in [4.69, 9.17) is 15.5 Å². The van der Waals surface area contributed by atoms with Crippen molar-refractivity contribution in [1.82, 2.24) is 29.4 Å². The normalized spacial score (nSPS) is 21.4. The van der Waals surface area contributed by atoms with Crippen molar-refractivity contribution in [2.75, 3.05) is 12.8 Å². The second kappa shape index (κ2) is 7.88. The van der Waals surface area contributed by atoms with Crippen LogP contribution in [0.2, 0.25) is 0 Å². The molecule has 1 aromatic carbocycles. The predicted molar refractivity (Wildman–Crippen MR) is 123 cm³/mol. The lowest BCUT2D eigenvalue weighted by atomic mass is 9.75. The molecule has 2 atom stereocenters. The van der Waals surface area contributed by atoms with Crippen LogP contribution in [0.1, 0.15) is 56.8 Å². The first-order valence-electron chi connectivity index (χ1n) is 11.2. The average Bonchev–Trinajstić information content (AvgIpc) is 3.41. The minimum atomic E-state index is -1.10. The quantitative estimate of drug-likeness (QED) is 0.406. The molecule has 34 heavy (non-hydrogen) atoms. The van der Waals surface area contributed by atoms with Gasteiger partial charge < -0.3 is 20.7 Å². The Kier molecular flexibility index (Phi) is 5.21. The Morgan fingerprint density at radius 1 is 1.32 bits per heavy atom. The molecule has 5 rings (SSSR count). The number of aliphatic hydroxyl groups is 2. The van der Waals surface area contributed by atoms with E-state index in [-0.39, 0.29) is 17.6 Å². The monoisotopic (exact) mass is 469 g/mol. The van der Waals surface area contributed by atoms with Gasteiger partial charge in [0.2, 0.25) is 5.95 Å². The predicted octanol–water partition coefficient (Wildman–Crippen LogP) is 2.52. The first-order valence-corrected chi connectivity index (χ1v) is 11.2. The van der Waals surface area contributed by atoms with E-state index in [1.807, 2.05) is 0 Å². The number of nitrogens with two attached hydrogens (primary N) is 1. The molecule has 10 nitrogen and oxygen atoms in total. The number of halogens is 1. The van der Waals surface area contributed by atoms with Crippen LogP contribution in [0.5, 0.6) is 5.75 Å². The van der Waals surface area contributed by atoms with Gasteiger partial charge in [0.05, 0.1) is 36.4 Å². The molecule has 180 valence electrons. The summed E-state index contributed by atoms with van der Waals surface area (Å²) in [6.07, 6.45) is 5.98. The van der Waals surface area contributed by atoms with Crippen molar-refractivity contribution in [3.63, 3.8) is 0 Å². The average molecular weight is 470 g/mol. The molecule has 0 radical (unpaired) electrons. The lowest BCUT2D eigenvalue weighted by Crippen LogP contribution is -2.32. The third-order valence-electron chi connectivity index (χ3n) is 6.38. The van der Waals surface area contributed by atoms with Crippen molar-refractivity contribution in [3.8, 4) is 5.75 Å². The second-order valence-electron chi connectivity index (χ2n) is 9.74. The fourth-order valence-corrected chi connectivity index (χ4v) is 4.83. The van der Waals surface area contributed by atoms with E-state index in [1.54, 1.807) is 30.9 Å². The number of anilines is 1. The van der Waals surface area contributed by atoms with Gasteiger partial charge in [0, 0.05) is 23.7 Å². The molecule has 3 aromatic heterocycles. The Morgan fingerprint density at radius 2 is 2.12 bits per heavy atom. The number of fused-ring (bicyclic) bond motifs is 3. The first-order chi connectivity index (χ1) is 16.1. The first kappa shape index (κ1) is 22.5. The van der Waals surface area contributed by atoms with Gasteiger partial charge in [-0.1, -0.05) is 0 Å². The largest absolute Gasteiger partial charge is 0.494 e. The number of aromatic nitrogens is 6. The molecule has 0 unspecified atom stereocenters. The number of nitrogens with zero attached hydrogens (tertiary/aromatic N) is 6. The van der Waals surface area contributed by atoms with Gasteiger partial charge in [-0.3, -0.25) is 4.68 Å². The summed E-state index contributed by atoms with van der Waals surface area (Å²) in [6, 6.07) is 2.59. The Hall–Kier alpha value is -3.31. The topological polar surface area (TPSA) is 137 Å². The summed E-state index contributed by atoms with van der Waals surface area (Å²) in [5.74, 6) is 0.291. The molecule has 0 amide bonds. The maximum absolute atomic E-state index is 14.2. The van der Waals surface area contributed by atoms with Crippen LogP contribution in [0, 0.1) is 5.82 Å². The van der Waals surface area contributed by atoms with E-state index in [9.17, 15) is 14.6 Å². The van der Waals surface area contributed by atoms with E-state index in [2.05, 4.69) is 15.2 Å². The number of benzene rings is 1. The highest BCUT2D eigenvalue weighted by atomic mass is 19.1. The molecule has 11 heteroatoms. The molecule has 1 aliphatic rings. The summed E-state index contributed by atoms with van der Waals surface area (Å²) in [4.78, 5) is 9.05. The van der Waals surface area contributed by atoms with Crippen LogP contribution in [0.15, 0.2) is 24.5 Å². The zero-order valence-corrected chi connectivity index (χ0v) is 19.4. The van der Waals surface area contributed by atoms with Crippen molar-refractivity contribution < 1.29 is 19.3 Å². The maximum atomic E-state index is 14.2. The van der Waals surface area contributed by atoms with Crippen LogP contribution in [-0.2, 0) is 12.1 Å². The molecule has 0 spiro atoms. The summed E-state index contributed by atoms with van der Waals surface area (Å²) < 4.78 is 22.5. The van der Waals surface area contributed by atoms with Gasteiger partial charge in [-0.2, -0.15) is 9.61 Å². The van der Waals surface area contributed by atoms with Crippen LogP contribution in [-0.4, -0.2) is 52.3 Å². The van der Waals surface area contributed by atoms with Gasteiger partial charge in [0.15, 0.2) is 11.5 Å². The van der Waals surface area contributed by atoms with Crippen LogP contribution >= 0.6 is 0 Å². The van der Waals surface area contributed by atoms with Gasteiger partial charge >= 0.3 is 0 Å². The van der Waals surface area contributed by atoms with E-state index >= 15 is 0 Å². The lowest BCUT2D eigenvalue weighted by molar-refractivity contribution is -0.00967. The smallest absolute Gasteiger partial charge is 0.223 e. The molecule has 4 aromatic rings. The molecule has 4 N–H and O–H groups in total. The highest BCUT2D eigenvalue weighted by Crippen LogP contribution is 2.43. The molecule has 1 fully saturated rings. The van der Waals surface area contributed by atoms with Crippen molar-refractivity contribution in [2.24, 2.45) is 0 Å². The van der Waals surface area contributed by atoms with Crippen molar-refractivity contribution in [3.05, 3.63) is 41.7 Å².